The number of carbonyl (C=O) groups is 2. The molecule has 2 atom stereocenters. The Morgan fingerprint density at radius 3 is 2.65 bits per heavy atom. The summed E-state index contributed by atoms with van der Waals surface area (Å²) in [6.45, 7) is 9.33. The van der Waals surface area contributed by atoms with E-state index < -0.39 is 6.09 Å². The van der Waals surface area contributed by atoms with Crippen LogP contribution in [0.1, 0.15) is 50.7 Å². The van der Waals surface area contributed by atoms with Crippen LogP contribution in [0.4, 0.5) is 9.59 Å². The number of nitrogens with one attached hydrogen (secondary N) is 2. The summed E-state index contributed by atoms with van der Waals surface area (Å²) in [4.78, 5) is 27.1. The number of hydrogen-bond donors (Lipinski definition) is 2. The molecular formula is C26H41N3O5. The van der Waals surface area contributed by atoms with Crippen LogP contribution in [0.3, 0.4) is 0 Å². The summed E-state index contributed by atoms with van der Waals surface area (Å²) < 4.78 is 16.2. The van der Waals surface area contributed by atoms with Crippen molar-refractivity contribution in [2.24, 2.45) is 17.8 Å². The van der Waals surface area contributed by atoms with Gasteiger partial charge in [0.05, 0.1) is 19.3 Å². The van der Waals surface area contributed by atoms with Gasteiger partial charge < -0.3 is 29.7 Å². The van der Waals surface area contributed by atoms with E-state index in [9.17, 15) is 9.59 Å². The lowest BCUT2D eigenvalue weighted by atomic mass is 9.90. The lowest BCUT2D eigenvalue weighted by Crippen LogP contribution is -2.55. The molecule has 3 amide bonds. The van der Waals surface area contributed by atoms with E-state index in [-0.39, 0.29) is 18.0 Å². The molecule has 1 heterocycles. The van der Waals surface area contributed by atoms with Gasteiger partial charge in [0.1, 0.15) is 5.75 Å². The maximum atomic E-state index is 13.0. The highest BCUT2D eigenvalue weighted by molar-refractivity contribution is 5.74. The number of piperidine rings is 1. The van der Waals surface area contributed by atoms with Crippen molar-refractivity contribution < 1.29 is 23.8 Å². The van der Waals surface area contributed by atoms with Crippen molar-refractivity contribution in [1.82, 2.24) is 15.5 Å². The monoisotopic (exact) mass is 475 g/mol. The molecule has 190 valence electrons. The summed E-state index contributed by atoms with van der Waals surface area (Å²) in [7, 11) is 1.68. The first-order valence-electron chi connectivity index (χ1n) is 12.5. The second-order valence-electron chi connectivity index (χ2n) is 10.0. The molecule has 2 aliphatic rings. The predicted octanol–water partition coefficient (Wildman–Crippen LogP) is 4.10. The van der Waals surface area contributed by atoms with E-state index in [0.29, 0.717) is 44.7 Å². The molecule has 0 aromatic heterocycles. The van der Waals surface area contributed by atoms with E-state index in [1.54, 1.807) is 7.11 Å². The highest BCUT2D eigenvalue weighted by Gasteiger charge is 2.39. The zero-order valence-electron chi connectivity index (χ0n) is 21.1. The summed E-state index contributed by atoms with van der Waals surface area (Å²) in [5.74, 6) is 2.19. The molecule has 1 aliphatic heterocycles. The Bertz CT molecular complexity index is 812. The van der Waals surface area contributed by atoms with Crippen LogP contribution in [-0.4, -0.2) is 63.1 Å². The van der Waals surface area contributed by atoms with Gasteiger partial charge in [-0.2, -0.15) is 0 Å². The van der Waals surface area contributed by atoms with Gasteiger partial charge in [-0.3, -0.25) is 0 Å². The average Bonchev–Trinajstić information content (AvgIpc) is 3.66. The normalized spacial score (nSPS) is 20.2. The molecule has 8 nitrogen and oxygen atoms in total. The molecule has 2 unspecified atom stereocenters. The van der Waals surface area contributed by atoms with Gasteiger partial charge in [0.2, 0.25) is 0 Å². The van der Waals surface area contributed by atoms with Crippen LogP contribution >= 0.6 is 0 Å². The maximum absolute atomic E-state index is 13.0. The molecule has 1 aromatic rings. The minimum Gasteiger partial charge on any atom is -0.493 e. The molecule has 1 aliphatic carbocycles. The largest absolute Gasteiger partial charge is 0.493 e. The third-order valence-corrected chi connectivity index (χ3v) is 6.38. The molecule has 8 heteroatoms. The number of benzene rings is 1. The molecule has 1 saturated carbocycles. The smallest absolute Gasteiger partial charge is 0.407 e. The zero-order chi connectivity index (χ0) is 24.5. The number of hydrogen-bond acceptors (Lipinski definition) is 5. The van der Waals surface area contributed by atoms with Gasteiger partial charge in [-0.15, -0.1) is 0 Å². The van der Waals surface area contributed by atoms with E-state index in [2.05, 4.69) is 10.6 Å². The Morgan fingerprint density at radius 1 is 1.15 bits per heavy atom. The summed E-state index contributed by atoms with van der Waals surface area (Å²) >= 11 is 0. The lowest BCUT2D eigenvalue weighted by Gasteiger charge is -2.38. The van der Waals surface area contributed by atoms with Crippen LogP contribution in [-0.2, 0) is 16.0 Å². The van der Waals surface area contributed by atoms with Crippen molar-refractivity contribution in [3.8, 4) is 5.75 Å². The highest BCUT2D eigenvalue weighted by Crippen LogP contribution is 2.41. The van der Waals surface area contributed by atoms with Crippen molar-refractivity contribution in [3.05, 3.63) is 29.3 Å². The maximum Gasteiger partial charge on any atom is 0.407 e. The van der Waals surface area contributed by atoms with Crippen molar-refractivity contribution in [3.63, 3.8) is 0 Å². The first kappa shape index (κ1) is 26.1. The fraction of sp³-hybridized carbons (Fsp3) is 0.692. The lowest BCUT2D eigenvalue weighted by molar-refractivity contribution is 0.109. The number of alkyl carbamates (subject to hydrolysis) is 1. The number of methoxy groups -OCH3 is 1. The Morgan fingerprint density at radius 2 is 1.94 bits per heavy atom. The van der Waals surface area contributed by atoms with Gasteiger partial charge >= 0.3 is 12.1 Å². The van der Waals surface area contributed by atoms with Gasteiger partial charge in [-0.1, -0.05) is 26.0 Å². The summed E-state index contributed by atoms with van der Waals surface area (Å²) in [5.41, 5.74) is 2.05. The first-order chi connectivity index (χ1) is 16.4. The number of urea groups is 1. The molecule has 2 N–H and O–H groups in total. The summed E-state index contributed by atoms with van der Waals surface area (Å²) in [6.07, 6.45) is 3.75. The van der Waals surface area contributed by atoms with Crippen LogP contribution in [0.15, 0.2) is 18.2 Å². The van der Waals surface area contributed by atoms with E-state index in [1.165, 1.54) is 12.8 Å². The number of nitrogens with zero attached hydrogens (tertiary/aromatic N) is 1. The minimum atomic E-state index is -0.395. The Balaban J connectivity index is 1.53. The van der Waals surface area contributed by atoms with Crippen molar-refractivity contribution in [2.75, 3.05) is 40.0 Å². The van der Waals surface area contributed by atoms with Gasteiger partial charge in [-0.05, 0) is 61.1 Å². The number of amides is 3. The summed E-state index contributed by atoms with van der Waals surface area (Å²) in [6, 6.07) is 5.82. The Labute approximate surface area is 203 Å². The molecule has 0 spiro atoms. The fourth-order valence-corrected chi connectivity index (χ4v) is 4.35. The van der Waals surface area contributed by atoms with Crippen LogP contribution in [0.5, 0.6) is 5.75 Å². The topological polar surface area (TPSA) is 89.1 Å². The van der Waals surface area contributed by atoms with Crippen LogP contribution in [0.25, 0.3) is 0 Å². The van der Waals surface area contributed by atoms with Crippen LogP contribution in [0, 0.1) is 24.7 Å². The van der Waals surface area contributed by atoms with Crippen molar-refractivity contribution >= 4 is 12.1 Å². The minimum absolute atomic E-state index is 0.0868. The molecule has 0 bridgehead atoms. The predicted molar refractivity (Wildman–Crippen MR) is 131 cm³/mol. The van der Waals surface area contributed by atoms with E-state index in [0.717, 1.165) is 36.3 Å². The first-order valence-corrected chi connectivity index (χ1v) is 12.5. The van der Waals surface area contributed by atoms with Crippen molar-refractivity contribution in [1.29, 1.82) is 0 Å². The standard InChI is InChI=1S/C26H41N3O5/c1-18(2)17-34-26(31)28-23-13-22(21-8-9-21)15-29(16-23)25(30)27-14-20-7-6-19(3)24(12-20)33-11-5-10-32-4/h6-7,12,18,21-23H,5,8-11,13-17H2,1-4H3,(H,27,30)(H,28,31). The third-order valence-electron chi connectivity index (χ3n) is 6.38. The van der Waals surface area contributed by atoms with Gasteiger partial charge in [0, 0.05) is 39.8 Å². The number of aryl methyl sites for hydroxylation is 1. The number of likely N-dealkylation sites (tertiary alicyclic amines) is 1. The van der Waals surface area contributed by atoms with Gasteiger partial charge in [0.25, 0.3) is 0 Å². The van der Waals surface area contributed by atoms with Crippen LogP contribution in [0.2, 0.25) is 0 Å². The Kier molecular flexibility index (Phi) is 9.86. The summed E-state index contributed by atoms with van der Waals surface area (Å²) in [5, 5.41) is 6.03. The zero-order valence-corrected chi connectivity index (χ0v) is 21.1. The third kappa shape index (κ3) is 8.38. The number of carbonyl (C=O) groups excluding carboxylic acids is 2. The van der Waals surface area contributed by atoms with Gasteiger partial charge in [-0.25, -0.2) is 9.59 Å². The van der Waals surface area contributed by atoms with Crippen molar-refractivity contribution in [2.45, 2.75) is 59.0 Å². The second kappa shape index (κ2) is 12.8. The Hall–Kier alpha value is -2.48. The molecule has 0 radical (unpaired) electrons. The number of ether oxygens (including phenoxy) is 3. The quantitative estimate of drug-likeness (QED) is 0.471. The van der Waals surface area contributed by atoms with Gasteiger partial charge in [0.15, 0.2) is 0 Å². The second-order valence-corrected chi connectivity index (χ2v) is 10.0. The molecular weight excluding hydrogens is 434 g/mol. The highest BCUT2D eigenvalue weighted by atomic mass is 16.5. The van der Waals surface area contributed by atoms with E-state index in [4.69, 9.17) is 14.2 Å². The molecule has 2 fully saturated rings. The SMILES string of the molecule is COCCCOc1cc(CNC(=O)N2CC(NC(=O)OCC(C)C)CC(C3CC3)C2)ccc1C. The fourth-order valence-electron chi connectivity index (χ4n) is 4.35. The molecule has 34 heavy (non-hydrogen) atoms. The van der Waals surface area contributed by atoms with E-state index >= 15 is 0 Å². The van der Waals surface area contributed by atoms with Crippen LogP contribution < -0.4 is 15.4 Å². The molecule has 3 rings (SSSR count). The molecule has 1 aromatic carbocycles. The number of rotatable bonds is 11. The average molecular weight is 476 g/mol. The molecule has 1 saturated heterocycles. The van der Waals surface area contributed by atoms with E-state index in [1.807, 2.05) is 43.9 Å².